The average molecular weight is 328 g/mol. The van der Waals surface area contributed by atoms with Gasteiger partial charge in [0.2, 0.25) is 11.7 Å². The van der Waals surface area contributed by atoms with Crippen molar-refractivity contribution in [1.82, 2.24) is 19.6 Å². The summed E-state index contributed by atoms with van der Waals surface area (Å²) in [6.07, 6.45) is 3.93. The maximum absolute atomic E-state index is 11.9. The first-order chi connectivity index (χ1) is 10.1. The molecule has 21 heavy (non-hydrogen) atoms. The fourth-order valence-corrected chi connectivity index (χ4v) is 4.01. The van der Waals surface area contributed by atoms with Gasteiger partial charge in [0.1, 0.15) is 0 Å². The van der Waals surface area contributed by atoms with Gasteiger partial charge in [-0.2, -0.15) is 22.8 Å². The number of hydrogen-bond donors (Lipinski definition) is 2. The van der Waals surface area contributed by atoms with Crippen LogP contribution in [-0.4, -0.2) is 24.6 Å². The molecular formula is C12H16N4O3S2. The Morgan fingerprint density at radius 1 is 1.38 bits per heavy atom. The van der Waals surface area contributed by atoms with Crippen molar-refractivity contribution in [1.29, 1.82) is 0 Å². The average Bonchev–Trinajstić information content (AvgIpc) is 3.18. The molecule has 7 nitrogen and oxygen atoms in total. The van der Waals surface area contributed by atoms with Gasteiger partial charge in [-0.3, -0.25) is 0 Å². The van der Waals surface area contributed by atoms with Gasteiger partial charge in [0.25, 0.3) is 10.2 Å². The van der Waals surface area contributed by atoms with E-state index >= 15 is 0 Å². The van der Waals surface area contributed by atoms with Crippen molar-refractivity contribution in [2.45, 2.75) is 38.3 Å². The predicted octanol–water partition coefficient (Wildman–Crippen LogP) is 1.66. The van der Waals surface area contributed by atoms with E-state index in [2.05, 4.69) is 19.6 Å². The third kappa shape index (κ3) is 3.88. The molecule has 0 amide bonds. The fraction of sp³-hybridized carbons (Fsp3) is 0.500. The van der Waals surface area contributed by atoms with Crippen LogP contribution < -0.4 is 9.44 Å². The van der Waals surface area contributed by atoms with Gasteiger partial charge in [-0.25, -0.2) is 0 Å². The zero-order valence-corrected chi connectivity index (χ0v) is 12.9. The molecule has 1 saturated carbocycles. The zero-order valence-electron chi connectivity index (χ0n) is 11.3. The number of hydrogen-bond acceptors (Lipinski definition) is 6. The van der Waals surface area contributed by atoms with Crippen LogP contribution >= 0.6 is 11.3 Å². The molecule has 2 aromatic heterocycles. The summed E-state index contributed by atoms with van der Waals surface area (Å²) < 4.78 is 33.9. The minimum Gasteiger partial charge on any atom is -0.337 e. The molecule has 2 N–H and O–H groups in total. The van der Waals surface area contributed by atoms with Crippen molar-refractivity contribution in [3.63, 3.8) is 0 Å². The minimum absolute atomic E-state index is 0.0135. The molecule has 0 aromatic carbocycles. The van der Waals surface area contributed by atoms with E-state index < -0.39 is 10.2 Å². The van der Waals surface area contributed by atoms with Crippen LogP contribution in [0.2, 0.25) is 0 Å². The van der Waals surface area contributed by atoms with Gasteiger partial charge in [0.15, 0.2) is 0 Å². The van der Waals surface area contributed by atoms with Crippen LogP contribution in [0.5, 0.6) is 0 Å². The van der Waals surface area contributed by atoms with Gasteiger partial charge < -0.3 is 4.52 Å². The lowest BCUT2D eigenvalue weighted by Gasteiger charge is -2.12. The van der Waals surface area contributed by atoms with Crippen molar-refractivity contribution in [2.75, 3.05) is 0 Å². The van der Waals surface area contributed by atoms with E-state index in [1.54, 1.807) is 0 Å². The summed E-state index contributed by atoms with van der Waals surface area (Å²) in [5.74, 6) is 0.721. The van der Waals surface area contributed by atoms with E-state index in [1.165, 1.54) is 11.3 Å². The summed E-state index contributed by atoms with van der Waals surface area (Å²) in [6, 6.07) is 3.81. The normalized spacial score (nSPS) is 16.6. The standard InChI is InChI=1S/C12H16N4O3S2/c17-21(18,16-9-4-1-2-5-9)13-8-11-14-12(15-19-11)10-6-3-7-20-10/h3,6-7,9,13,16H,1-2,4-5,8H2. The van der Waals surface area contributed by atoms with E-state index in [4.69, 9.17) is 4.52 Å². The molecule has 1 fully saturated rings. The molecule has 0 unspecified atom stereocenters. The van der Waals surface area contributed by atoms with Gasteiger partial charge in [-0.15, -0.1) is 11.3 Å². The van der Waals surface area contributed by atoms with Gasteiger partial charge in [0, 0.05) is 6.04 Å². The van der Waals surface area contributed by atoms with Crippen LogP contribution in [0.25, 0.3) is 10.7 Å². The Kier molecular flexibility index (Phi) is 4.34. The summed E-state index contributed by atoms with van der Waals surface area (Å²) in [6.45, 7) is -0.0135. The van der Waals surface area contributed by atoms with Gasteiger partial charge in [-0.05, 0) is 24.3 Å². The lowest BCUT2D eigenvalue weighted by molar-refractivity contribution is 0.375. The first-order valence-electron chi connectivity index (χ1n) is 6.76. The molecule has 2 aromatic rings. The van der Waals surface area contributed by atoms with Crippen molar-refractivity contribution < 1.29 is 12.9 Å². The summed E-state index contributed by atoms with van der Waals surface area (Å²) in [4.78, 5) is 5.05. The summed E-state index contributed by atoms with van der Waals surface area (Å²) in [7, 11) is -3.53. The molecular weight excluding hydrogens is 312 g/mol. The van der Waals surface area contributed by atoms with E-state index in [9.17, 15) is 8.42 Å². The molecule has 3 rings (SSSR count). The maximum atomic E-state index is 11.9. The summed E-state index contributed by atoms with van der Waals surface area (Å²) in [5.41, 5.74) is 0. The Hall–Kier alpha value is -1.29. The monoisotopic (exact) mass is 328 g/mol. The summed E-state index contributed by atoms with van der Waals surface area (Å²) in [5, 5.41) is 5.75. The van der Waals surface area contributed by atoms with Gasteiger partial charge in [0.05, 0.1) is 11.4 Å². The molecule has 0 saturated heterocycles. The largest absolute Gasteiger partial charge is 0.337 e. The highest BCUT2D eigenvalue weighted by Gasteiger charge is 2.21. The second kappa shape index (κ2) is 6.22. The highest BCUT2D eigenvalue weighted by Crippen LogP contribution is 2.21. The molecule has 0 radical (unpaired) electrons. The Bertz CT molecular complexity index is 675. The second-order valence-electron chi connectivity index (χ2n) is 4.91. The fourth-order valence-electron chi connectivity index (χ4n) is 2.29. The Morgan fingerprint density at radius 3 is 2.90 bits per heavy atom. The first-order valence-corrected chi connectivity index (χ1v) is 9.12. The number of thiophene rings is 1. The molecule has 1 aliphatic carbocycles. The van der Waals surface area contributed by atoms with E-state index in [1.807, 2.05) is 17.5 Å². The molecule has 0 bridgehead atoms. The van der Waals surface area contributed by atoms with Crippen LogP contribution in [0.4, 0.5) is 0 Å². The van der Waals surface area contributed by atoms with E-state index in [-0.39, 0.29) is 18.5 Å². The Labute approximate surface area is 126 Å². The van der Waals surface area contributed by atoms with E-state index in [0.717, 1.165) is 30.6 Å². The third-order valence-electron chi connectivity index (χ3n) is 3.30. The molecule has 114 valence electrons. The quantitative estimate of drug-likeness (QED) is 0.840. The van der Waals surface area contributed by atoms with Gasteiger partial charge >= 0.3 is 0 Å². The highest BCUT2D eigenvalue weighted by atomic mass is 32.2. The molecule has 2 heterocycles. The molecule has 0 spiro atoms. The zero-order chi connectivity index (χ0) is 14.7. The Balaban J connectivity index is 1.57. The number of nitrogens with one attached hydrogen (secondary N) is 2. The Morgan fingerprint density at radius 2 is 2.19 bits per heavy atom. The number of rotatable bonds is 6. The third-order valence-corrected chi connectivity index (χ3v) is 5.33. The van der Waals surface area contributed by atoms with Gasteiger partial charge in [-0.1, -0.05) is 24.1 Å². The molecule has 1 aliphatic rings. The van der Waals surface area contributed by atoms with Crippen LogP contribution in [0.1, 0.15) is 31.6 Å². The SMILES string of the molecule is O=S(=O)(NCc1nc(-c2cccs2)no1)NC1CCCC1. The lowest BCUT2D eigenvalue weighted by Crippen LogP contribution is -2.41. The van der Waals surface area contributed by atoms with Crippen molar-refractivity contribution in [3.05, 3.63) is 23.4 Å². The van der Waals surface area contributed by atoms with Crippen molar-refractivity contribution in [3.8, 4) is 10.7 Å². The van der Waals surface area contributed by atoms with Crippen LogP contribution in [0, 0.1) is 0 Å². The lowest BCUT2D eigenvalue weighted by atomic mass is 10.3. The molecule has 9 heteroatoms. The maximum Gasteiger partial charge on any atom is 0.277 e. The second-order valence-corrected chi connectivity index (χ2v) is 7.39. The predicted molar refractivity (Wildman–Crippen MR) is 78.8 cm³/mol. The number of nitrogens with zero attached hydrogens (tertiary/aromatic N) is 2. The molecule has 0 aliphatic heterocycles. The van der Waals surface area contributed by atoms with Crippen LogP contribution in [-0.2, 0) is 16.8 Å². The van der Waals surface area contributed by atoms with Crippen molar-refractivity contribution in [2.24, 2.45) is 0 Å². The van der Waals surface area contributed by atoms with Crippen molar-refractivity contribution >= 4 is 21.5 Å². The summed E-state index contributed by atoms with van der Waals surface area (Å²) >= 11 is 1.50. The smallest absolute Gasteiger partial charge is 0.277 e. The number of aromatic nitrogens is 2. The molecule has 0 atom stereocenters. The minimum atomic E-state index is -3.53. The van der Waals surface area contributed by atoms with Crippen LogP contribution in [0.3, 0.4) is 0 Å². The highest BCUT2D eigenvalue weighted by molar-refractivity contribution is 7.87. The topological polar surface area (TPSA) is 97.1 Å². The first kappa shape index (κ1) is 14.6. The van der Waals surface area contributed by atoms with E-state index in [0.29, 0.717) is 5.82 Å². The van der Waals surface area contributed by atoms with Crippen LogP contribution in [0.15, 0.2) is 22.0 Å².